The second kappa shape index (κ2) is 10.4. The summed E-state index contributed by atoms with van der Waals surface area (Å²) < 4.78 is 10.9. The Kier molecular flexibility index (Phi) is 7.67. The molecular weight excluding hydrogens is 364 g/mol. The van der Waals surface area contributed by atoms with Crippen LogP contribution in [0.3, 0.4) is 0 Å². The Balaban J connectivity index is 1.49. The Hall–Kier alpha value is -2.37. The highest BCUT2D eigenvalue weighted by atomic mass is 16.5. The third kappa shape index (κ3) is 5.81. The summed E-state index contributed by atoms with van der Waals surface area (Å²) in [6.07, 6.45) is 1.02. The molecule has 0 spiro atoms. The first-order chi connectivity index (χ1) is 14.1. The summed E-state index contributed by atoms with van der Waals surface area (Å²) in [4.78, 5) is 17.1. The van der Waals surface area contributed by atoms with E-state index in [0.29, 0.717) is 12.1 Å². The van der Waals surface area contributed by atoms with Crippen LogP contribution in [0.4, 0.5) is 0 Å². The van der Waals surface area contributed by atoms with E-state index in [4.69, 9.17) is 9.47 Å². The number of benzene rings is 2. The molecule has 2 unspecified atom stereocenters. The number of amides is 1. The number of rotatable bonds is 8. The van der Waals surface area contributed by atoms with Crippen molar-refractivity contribution in [1.29, 1.82) is 0 Å². The van der Waals surface area contributed by atoms with Gasteiger partial charge in [-0.3, -0.25) is 9.69 Å². The molecule has 29 heavy (non-hydrogen) atoms. The van der Waals surface area contributed by atoms with E-state index in [9.17, 15) is 4.79 Å². The molecule has 1 amide bonds. The van der Waals surface area contributed by atoms with Crippen LogP contribution in [0.15, 0.2) is 54.6 Å². The second-order valence-corrected chi connectivity index (χ2v) is 7.76. The van der Waals surface area contributed by atoms with Crippen molar-refractivity contribution in [2.45, 2.75) is 32.4 Å². The topological polar surface area (TPSA) is 42.0 Å². The van der Waals surface area contributed by atoms with E-state index in [1.54, 1.807) is 7.11 Å². The minimum Gasteiger partial charge on any atom is -0.484 e. The van der Waals surface area contributed by atoms with Gasteiger partial charge in [0.1, 0.15) is 5.75 Å². The molecule has 1 fully saturated rings. The fraction of sp³-hybridized carbons (Fsp3) is 0.458. The Bertz CT molecular complexity index is 751. The first kappa shape index (κ1) is 21.3. The maximum absolute atomic E-state index is 12.7. The molecule has 2 atom stereocenters. The van der Waals surface area contributed by atoms with Crippen molar-refractivity contribution in [1.82, 2.24) is 9.80 Å². The van der Waals surface area contributed by atoms with Gasteiger partial charge in [0.15, 0.2) is 6.61 Å². The van der Waals surface area contributed by atoms with Crippen LogP contribution in [0, 0.1) is 0 Å². The summed E-state index contributed by atoms with van der Waals surface area (Å²) in [6, 6.07) is 18.8. The third-order valence-corrected chi connectivity index (χ3v) is 5.54. The summed E-state index contributed by atoms with van der Waals surface area (Å²) in [7, 11) is 1.73. The lowest BCUT2D eigenvalue weighted by Gasteiger charge is -2.44. The van der Waals surface area contributed by atoms with Crippen molar-refractivity contribution in [3.05, 3.63) is 54.6 Å². The summed E-state index contributed by atoms with van der Waals surface area (Å²) in [5, 5.41) is 0. The average Bonchev–Trinajstić information content (AvgIpc) is 2.75. The van der Waals surface area contributed by atoms with E-state index in [-0.39, 0.29) is 12.5 Å². The molecule has 0 saturated carbocycles. The SMILES string of the molecule is COCCCN1C(C)CN(C(=O)COc2ccc(-c3ccccc3)cc2)CC1C. The Morgan fingerprint density at radius 1 is 0.966 bits per heavy atom. The van der Waals surface area contributed by atoms with Crippen LogP contribution in [0.25, 0.3) is 11.1 Å². The molecule has 3 rings (SSSR count). The van der Waals surface area contributed by atoms with Gasteiger partial charge in [0.05, 0.1) is 0 Å². The van der Waals surface area contributed by atoms with Gasteiger partial charge in [-0.25, -0.2) is 0 Å². The molecule has 5 nitrogen and oxygen atoms in total. The summed E-state index contributed by atoms with van der Waals surface area (Å²) >= 11 is 0. The molecule has 0 radical (unpaired) electrons. The molecule has 0 aromatic heterocycles. The van der Waals surface area contributed by atoms with Gasteiger partial charge in [-0.05, 0) is 43.5 Å². The fourth-order valence-corrected chi connectivity index (χ4v) is 4.00. The maximum Gasteiger partial charge on any atom is 0.260 e. The number of carbonyl (C=O) groups is 1. The molecule has 5 heteroatoms. The average molecular weight is 397 g/mol. The quantitative estimate of drug-likeness (QED) is 0.638. The maximum atomic E-state index is 12.7. The minimum atomic E-state index is 0.0485. The van der Waals surface area contributed by atoms with Crippen LogP contribution in [-0.2, 0) is 9.53 Å². The molecular formula is C24H32N2O3. The molecule has 2 aromatic carbocycles. The number of ether oxygens (including phenoxy) is 2. The molecule has 2 aromatic rings. The van der Waals surface area contributed by atoms with Crippen molar-refractivity contribution in [2.24, 2.45) is 0 Å². The molecule has 156 valence electrons. The monoisotopic (exact) mass is 396 g/mol. The van der Waals surface area contributed by atoms with Gasteiger partial charge in [-0.15, -0.1) is 0 Å². The van der Waals surface area contributed by atoms with E-state index in [2.05, 4.69) is 30.9 Å². The van der Waals surface area contributed by atoms with Crippen LogP contribution in [0.5, 0.6) is 5.75 Å². The van der Waals surface area contributed by atoms with E-state index in [1.165, 1.54) is 5.56 Å². The van der Waals surface area contributed by atoms with Crippen LogP contribution in [0.1, 0.15) is 20.3 Å². The van der Waals surface area contributed by atoms with Gasteiger partial charge in [-0.1, -0.05) is 42.5 Å². The minimum absolute atomic E-state index is 0.0485. The van der Waals surface area contributed by atoms with Crippen molar-refractivity contribution in [3.63, 3.8) is 0 Å². The summed E-state index contributed by atoms with van der Waals surface area (Å²) in [5.74, 6) is 0.768. The lowest BCUT2D eigenvalue weighted by molar-refractivity contribution is -0.137. The molecule has 1 heterocycles. The van der Waals surface area contributed by atoms with Crippen molar-refractivity contribution < 1.29 is 14.3 Å². The highest BCUT2D eigenvalue weighted by Crippen LogP contribution is 2.22. The van der Waals surface area contributed by atoms with E-state index >= 15 is 0 Å². The highest BCUT2D eigenvalue weighted by Gasteiger charge is 2.31. The Labute approximate surface area is 174 Å². The first-order valence-electron chi connectivity index (χ1n) is 10.4. The first-order valence-corrected chi connectivity index (χ1v) is 10.4. The van der Waals surface area contributed by atoms with E-state index in [0.717, 1.165) is 44.0 Å². The molecule has 0 N–H and O–H groups in total. The largest absolute Gasteiger partial charge is 0.484 e. The third-order valence-electron chi connectivity index (χ3n) is 5.54. The molecule has 0 bridgehead atoms. The van der Waals surface area contributed by atoms with Crippen molar-refractivity contribution >= 4 is 5.91 Å². The van der Waals surface area contributed by atoms with E-state index in [1.807, 2.05) is 47.4 Å². The number of carbonyl (C=O) groups excluding carboxylic acids is 1. The molecule has 1 saturated heterocycles. The number of hydrogen-bond acceptors (Lipinski definition) is 4. The lowest BCUT2D eigenvalue weighted by Crippen LogP contribution is -2.58. The number of methoxy groups -OCH3 is 1. The van der Waals surface area contributed by atoms with Gasteiger partial charge in [0, 0.05) is 45.4 Å². The number of hydrogen-bond donors (Lipinski definition) is 0. The molecule has 1 aliphatic rings. The lowest BCUT2D eigenvalue weighted by atomic mass is 10.1. The highest BCUT2D eigenvalue weighted by molar-refractivity contribution is 5.78. The van der Waals surface area contributed by atoms with Crippen molar-refractivity contribution in [3.8, 4) is 16.9 Å². The zero-order valence-corrected chi connectivity index (χ0v) is 17.7. The number of nitrogens with zero attached hydrogens (tertiary/aromatic N) is 2. The van der Waals surface area contributed by atoms with Gasteiger partial charge < -0.3 is 14.4 Å². The van der Waals surface area contributed by atoms with Crippen LogP contribution in [0.2, 0.25) is 0 Å². The molecule has 1 aliphatic heterocycles. The normalized spacial score (nSPS) is 19.9. The standard InChI is InChI=1S/C24H32N2O3/c1-19-16-25(17-20(2)26(19)14-7-15-28-3)24(27)18-29-23-12-10-22(11-13-23)21-8-5-4-6-9-21/h4-6,8-13,19-20H,7,14-18H2,1-3H3. The van der Waals surface area contributed by atoms with Gasteiger partial charge in [-0.2, -0.15) is 0 Å². The predicted octanol–water partition coefficient (Wildman–Crippen LogP) is 3.69. The van der Waals surface area contributed by atoms with E-state index < -0.39 is 0 Å². The van der Waals surface area contributed by atoms with Crippen LogP contribution >= 0.6 is 0 Å². The van der Waals surface area contributed by atoms with Crippen molar-refractivity contribution in [2.75, 3.05) is 40.0 Å². The molecule has 0 aliphatic carbocycles. The predicted molar refractivity (Wildman–Crippen MR) is 116 cm³/mol. The van der Waals surface area contributed by atoms with Gasteiger partial charge >= 0.3 is 0 Å². The Morgan fingerprint density at radius 2 is 1.59 bits per heavy atom. The zero-order valence-electron chi connectivity index (χ0n) is 17.7. The number of piperazine rings is 1. The second-order valence-electron chi connectivity index (χ2n) is 7.76. The van der Waals surface area contributed by atoms with Crippen LogP contribution in [-0.4, -0.2) is 67.7 Å². The fourth-order valence-electron chi connectivity index (χ4n) is 4.00. The zero-order chi connectivity index (χ0) is 20.6. The van der Waals surface area contributed by atoms with Gasteiger partial charge in [0.25, 0.3) is 5.91 Å². The van der Waals surface area contributed by atoms with Crippen LogP contribution < -0.4 is 4.74 Å². The Morgan fingerprint density at radius 3 is 2.21 bits per heavy atom. The summed E-state index contributed by atoms with van der Waals surface area (Å²) in [5.41, 5.74) is 2.30. The summed E-state index contributed by atoms with van der Waals surface area (Å²) in [6.45, 7) is 7.71. The van der Waals surface area contributed by atoms with Gasteiger partial charge in [0.2, 0.25) is 0 Å². The smallest absolute Gasteiger partial charge is 0.260 e.